The predicted molar refractivity (Wildman–Crippen MR) is 106 cm³/mol. The summed E-state index contributed by atoms with van der Waals surface area (Å²) in [6, 6.07) is 7.80. The van der Waals surface area contributed by atoms with Crippen molar-refractivity contribution in [2.24, 2.45) is 11.5 Å². The lowest BCUT2D eigenvalue weighted by molar-refractivity contribution is 0.234. The van der Waals surface area contributed by atoms with Gasteiger partial charge in [0.15, 0.2) is 5.75 Å². The minimum atomic E-state index is 0.0915. The molecule has 0 amide bonds. The van der Waals surface area contributed by atoms with E-state index in [1.54, 1.807) is 6.20 Å². The zero-order valence-electron chi connectivity index (χ0n) is 15.4. The van der Waals surface area contributed by atoms with Crippen LogP contribution in [0.1, 0.15) is 25.3 Å². The lowest BCUT2D eigenvalue weighted by Crippen LogP contribution is -2.44. The first-order valence-electron chi connectivity index (χ1n) is 8.91. The molecular weight excluding hydrogens is 326 g/mol. The van der Waals surface area contributed by atoms with Crippen LogP contribution in [0.2, 0.25) is 0 Å². The average molecular weight is 353 g/mol. The number of likely N-dealkylation sites (N-methyl/N-ethyl adjacent to an activating group) is 1. The van der Waals surface area contributed by atoms with E-state index in [2.05, 4.69) is 22.2 Å². The van der Waals surface area contributed by atoms with Crippen LogP contribution >= 0.6 is 0 Å². The Labute approximate surface area is 154 Å². The Kier molecular flexibility index (Phi) is 5.32. The van der Waals surface area contributed by atoms with Gasteiger partial charge in [0, 0.05) is 35.4 Å². The Morgan fingerprint density at radius 2 is 2.15 bits per heavy atom. The van der Waals surface area contributed by atoms with Gasteiger partial charge in [-0.2, -0.15) is 0 Å². The van der Waals surface area contributed by atoms with E-state index in [9.17, 15) is 5.11 Å². The van der Waals surface area contributed by atoms with Crippen molar-refractivity contribution in [3.05, 3.63) is 53.5 Å². The van der Waals surface area contributed by atoms with Crippen molar-refractivity contribution in [1.29, 1.82) is 0 Å². The molecule has 2 heterocycles. The lowest BCUT2D eigenvalue weighted by Gasteiger charge is -2.30. The van der Waals surface area contributed by atoms with Crippen molar-refractivity contribution in [3.8, 4) is 5.75 Å². The number of fused-ring (bicyclic) bond motifs is 1. The number of nitrogens with two attached hydrogens (primary N) is 2. The Morgan fingerprint density at radius 3 is 2.92 bits per heavy atom. The summed E-state index contributed by atoms with van der Waals surface area (Å²) >= 11 is 0. The quantitative estimate of drug-likeness (QED) is 0.628. The molecule has 1 fully saturated rings. The van der Waals surface area contributed by atoms with Crippen LogP contribution in [0.3, 0.4) is 0 Å². The molecule has 138 valence electrons. The van der Waals surface area contributed by atoms with E-state index in [1.807, 2.05) is 37.3 Å². The molecule has 1 atom stereocenters. The molecule has 2 aromatic rings. The van der Waals surface area contributed by atoms with Crippen LogP contribution in [0.25, 0.3) is 16.6 Å². The topological polar surface area (TPSA) is 100 Å². The van der Waals surface area contributed by atoms with Crippen LogP contribution in [0, 0.1) is 0 Å². The van der Waals surface area contributed by atoms with Crippen LogP contribution in [-0.2, 0) is 0 Å². The average Bonchev–Trinajstić information content (AvgIpc) is 2.61. The smallest absolute Gasteiger partial charge is 0.151 e. The number of allylic oxidation sites excluding steroid dienone is 2. The van der Waals surface area contributed by atoms with Crippen LogP contribution in [-0.4, -0.2) is 41.2 Å². The monoisotopic (exact) mass is 353 g/mol. The van der Waals surface area contributed by atoms with Crippen molar-refractivity contribution in [3.63, 3.8) is 0 Å². The molecule has 1 aliphatic heterocycles. The highest BCUT2D eigenvalue weighted by atomic mass is 16.3. The lowest BCUT2D eigenvalue weighted by atomic mass is 10.0. The van der Waals surface area contributed by atoms with Crippen molar-refractivity contribution < 1.29 is 5.11 Å². The van der Waals surface area contributed by atoms with Gasteiger partial charge < -0.3 is 26.8 Å². The van der Waals surface area contributed by atoms with Gasteiger partial charge >= 0.3 is 0 Å². The first kappa shape index (κ1) is 18.1. The van der Waals surface area contributed by atoms with Gasteiger partial charge in [-0.3, -0.25) is 4.98 Å². The summed E-state index contributed by atoms with van der Waals surface area (Å²) in [5, 5.41) is 14.8. The third-order valence-electron chi connectivity index (χ3n) is 4.83. The number of benzene rings is 1. The number of nitrogens with one attached hydrogen (secondary N) is 1. The molecule has 0 bridgehead atoms. The molecule has 1 aromatic carbocycles. The van der Waals surface area contributed by atoms with Gasteiger partial charge in [-0.1, -0.05) is 12.1 Å². The second-order valence-corrected chi connectivity index (χ2v) is 6.98. The third kappa shape index (κ3) is 3.91. The van der Waals surface area contributed by atoms with Crippen LogP contribution in [0.4, 0.5) is 0 Å². The minimum Gasteiger partial charge on any atom is -0.505 e. The van der Waals surface area contributed by atoms with Gasteiger partial charge in [0.1, 0.15) is 5.52 Å². The van der Waals surface area contributed by atoms with E-state index in [-0.39, 0.29) is 5.75 Å². The molecule has 1 aromatic heterocycles. The highest BCUT2D eigenvalue weighted by molar-refractivity contribution is 5.90. The van der Waals surface area contributed by atoms with Crippen molar-refractivity contribution in [1.82, 2.24) is 15.2 Å². The van der Waals surface area contributed by atoms with Crippen molar-refractivity contribution >= 4 is 16.6 Å². The molecule has 6 N–H and O–H groups in total. The minimum absolute atomic E-state index is 0.0915. The number of aromatic hydroxyl groups is 1. The third-order valence-corrected chi connectivity index (χ3v) is 4.83. The molecule has 26 heavy (non-hydrogen) atoms. The molecule has 0 radical (unpaired) electrons. The summed E-state index contributed by atoms with van der Waals surface area (Å²) in [4.78, 5) is 6.54. The van der Waals surface area contributed by atoms with Crippen LogP contribution in [0.15, 0.2) is 47.9 Å². The van der Waals surface area contributed by atoms with Crippen LogP contribution < -0.4 is 16.8 Å². The molecule has 0 saturated carbocycles. The number of aromatic nitrogens is 1. The second kappa shape index (κ2) is 7.66. The number of hydrogen-bond acceptors (Lipinski definition) is 6. The fraction of sp³-hybridized carbons (Fsp3) is 0.350. The summed E-state index contributed by atoms with van der Waals surface area (Å²) in [6.45, 7) is 3.99. The van der Waals surface area contributed by atoms with Gasteiger partial charge in [-0.25, -0.2) is 0 Å². The van der Waals surface area contributed by atoms with Gasteiger partial charge in [0.25, 0.3) is 0 Å². The van der Waals surface area contributed by atoms with Gasteiger partial charge in [0.05, 0.1) is 5.82 Å². The molecule has 1 saturated heterocycles. The number of rotatable bonds is 4. The number of piperidine rings is 1. The van der Waals surface area contributed by atoms with E-state index < -0.39 is 0 Å². The fourth-order valence-electron chi connectivity index (χ4n) is 3.43. The zero-order valence-corrected chi connectivity index (χ0v) is 15.4. The normalized spacial score (nSPS) is 20.1. The number of phenolic OH excluding ortho intramolecular Hbond substituents is 1. The molecule has 3 rings (SSSR count). The van der Waals surface area contributed by atoms with E-state index in [0.717, 1.165) is 36.9 Å². The highest BCUT2D eigenvalue weighted by Crippen LogP contribution is 2.31. The number of nitrogens with zero attached hydrogens (tertiary/aromatic N) is 2. The molecule has 1 aliphatic rings. The molecule has 0 spiro atoms. The van der Waals surface area contributed by atoms with E-state index in [0.29, 0.717) is 28.6 Å². The largest absolute Gasteiger partial charge is 0.505 e. The maximum Gasteiger partial charge on any atom is 0.151 e. The summed E-state index contributed by atoms with van der Waals surface area (Å²) < 4.78 is 0. The van der Waals surface area contributed by atoms with Gasteiger partial charge in [-0.15, -0.1) is 0 Å². The second-order valence-electron chi connectivity index (χ2n) is 6.98. The summed E-state index contributed by atoms with van der Waals surface area (Å²) in [7, 11) is 2.12. The molecule has 0 aliphatic carbocycles. The Hall–Kier alpha value is -2.73. The Bertz CT molecular complexity index is 858. The maximum absolute atomic E-state index is 10.5. The van der Waals surface area contributed by atoms with Gasteiger partial charge in [0.2, 0.25) is 0 Å². The van der Waals surface area contributed by atoms with E-state index >= 15 is 0 Å². The standard InChI is InChI=1S/C20H27N5O/c1-13(11-17(21)24-15-6-4-10-25(2)12-15)18(22)16-8-7-14-5-3-9-23-19(14)20(16)26/h3,5,7-9,11,15,24,26H,4,6,10,12,21-22H2,1-2H3/b17-11+,18-13-. The van der Waals surface area contributed by atoms with Crippen molar-refractivity contribution in [2.45, 2.75) is 25.8 Å². The molecule has 6 heteroatoms. The van der Waals surface area contributed by atoms with E-state index in [4.69, 9.17) is 11.5 Å². The first-order chi connectivity index (χ1) is 12.5. The molecular formula is C20H27N5O. The fourth-order valence-corrected chi connectivity index (χ4v) is 3.43. The van der Waals surface area contributed by atoms with Crippen molar-refractivity contribution in [2.75, 3.05) is 20.1 Å². The summed E-state index contributed by atoms with van der Waals surface area (Å²) in [5.41, 5.74) is 14.8. The van der Waals surface area contributed by atoms with Crippen LogP contribution in [0.5, 0.6) is 5.75 Å². The van der Waals surface area contributed by atoms with E-state index in [1.165, 1.54) is 0 Å². The number of likely N-dealkylation sites (tertiary alicyclic amines) is 1. The first-order valence-corrected chi connectivity index (χ1v) is 8.91. The summed E-state index contributed by atoms with van der Waals surface area (Å²) in [5.74, 6) is 0.679. The number of pyridine rings is 1. The zero-order chi connectivity index (χ0) is 18.7. The Morgan fingerprint density at radius 1 is 1.35 bits per heavy atom. The Balaban J connectivity index is 1.83. The summed E-state index contributed by atoms with van der Waals surface area (Å²) in [6.07, 6.45) is 5.75. The number of phenols is 1. The maximum atomic E-state index is 10.5. The molecule has 1 unspecified atom stereocenters. The SMILES string of the molecule is CC(/C=C(\N)NC1CCCN(C)C1)=C(/N)c1ccc2cccnc2c1O. The molecule has 6 nitrogen and oxygen atoms in total. The van der Waals surface area contributed by atoms with Gasteiger partial charge in [-0.05, 0) is 57.1 Å². The number of hydrogen-bond donors (Lipinski definition) is 4. The predicted octanol–water partition coefficient (Wildman–Crippen LogP) is 2.11. The highest BCUT2D eigenvalue weighted by Gasteiger charge is 2.17.